The maximum Gasteiger partial charge on any atom is 0.0702 e. The molecule has 0 aliphatic heterocycles. The summed E-state index contributed by atoms with van der Waals surface area (Å²) in [4.78, 5) is 0. The average Bonchev–Trinajstić information content (AvgIpc) is 2.31. The molecule has 0 atom stereocenters. The van der Waals surface area contributed by atoms with Gasteiger partial charge in [0.2, 0.25) is 0 Å². The Balaban J connectivity index is 2.51. The lowest BCUT2D eigenvalue weighted by molar-refractivity contribution is 0.282. The summed E-state index contributed by atoms with van der Waals surface area (Å²) in [5, 5.41) is 9.83. The van der Waals surface area contributed by atoms with E-state index in [-0.39, 0.29) is 6.61 Å². The quantitative estimate of drug-likeness (QED) is 0.783. The van der Waals surface area contributed by atoms with Crippen molar-refractivity contribution >= 4 is 17.3 Å². The summed E-state index contributed by atoms with van der Waals surface area (Å²) >= 11 is 5.83. The second kappa shape index (κ2) is 4.56. The van der Waals surface area contributed by atoms with E-state index in [1.807, 2.05) is 42.5 Å². The molecule has 0 unspecified atom stereocenters. The number of nitrogens with two attached hydrogens (primary N) is 1. The van der Waals surface area contributed by atoms with Crippen LogP contribution in [0.1, 0.15) is 5.56 Å². The summed E-state index contributed by atoms with van der Waals surface area (Å²) < 4.78 is 0. The summed E-state index contributed by atoms with van der Waals surface area (Å²) in [6.45, 7) is -0.0484. The predicted octanol–water partition coefficient (Wildman–Crippen LogP) is 3.08. The molecule has 0 saturated heterocycles. The fourth-order valence-corrected chi connectivity index (χ4v) is 1.76. The van der Waals surface area contributed by atoms with Gasteiger partial charge in [0.05, 0.1) is 6.61 Å². The Morgan fingerprint density at radius 2 is 1.75 bits per heavy atom. The highest BCUT2D eigenvalue weighted by atomic mass is 35.5. The van der Waals surface area contributed by atoms with Crippen LogP contribution in [0.15, 0.2) is 42.5 Å². The summed E-state index contributed by atoms with van der Waals surface area (Å²) in [6.07, 6.45) is 0. The summed E-state index contributed by atoms with van der Waals surface area (Å²) in [5.74, 6) is 0. The fourth-order valence-electron chi connectivity index (χ4n) is 1.63. The topological polar surface area (TPSA) is 46.2 Å². The molecular weight excluding hydrogens is 222 g/mol. The third-order valence-corrected chi connectivity index (χ3v) is 2.77. The Labute approximate surface area is 99.3 Å². The first-order valence-electron chi connectivity index (χ1n) is 4.96. The second-order valence-corrected chi connectivity index (χ2v) is 3.98. The summed E-state index contributed by atoms with van der Waals surface area (Å²) in [7, 11) is 0. The standard InChI is InChI=1S/C13H12ClNO/c14-11-6-4-9(5-7-11)12-3-1-2-10(8-16)13(12)15/h1-7,16H,8,15H2. The smallest absolute Gasteiger partial charge is 0.0702 e. The van der Waals surface area contributed by atoms with Crippen LogP contribution in [0, 0.1) is 0 Å². The number of rotatable bonds is 2. The van der Waals surface area contributed by atoms with Gasteiger partial charge >= 0.3 is 0 Å². The molecule has 0 saturated carbocycles. The van der Waals surface area contributed by atoms with Crippen molar-refractivity contribution in [1.29, 1.82) is 0 Å². The molecule has 0 aromatic heterocycles. The van der Waals surface area contributed by atoms with Crippen molar-refractivity contribution in [2.45, 2.75) is 6.61 Å². The number of nitrogen functional groups attached to an aromatic ring is 1. The van der Waals surface area contributed by atoms with Crippen LogP contribution in [0.4, 0.5) is 5.69 Å². The average molecular weight is 234 g/mol. The third kappa shape index (κ3) is 2.03. The van der Waals surface area contributed by atoms with Gasteiger partial charge in [-0.25, -0.2) is 0 Å². The molecule has 2 rings (SSSR count). The van der Waals surface area contributed by atoms with E-state index < -0.39 is 0 Å². The van der Waals surface area contributed by atoms with Crippen LogP contribution in [-0.4, -0.2) is 5.11 Å². The molecule has 0 aliphatic rings. The van der Waals surface area contributed by atoms with Crippen molar-refractivity contribution in [2.24, 2.45) is 0 Å². The number of hydrogen-bond acceptors (Lipinski definition) is 2. The van der Waals surface area contributed by atoms with E-state index in [1.165, 1.54) is 0 Å². The van der Waals surface area contributed by atoms with E-state index in [0.29, 0.717) is 10.7 Å². The molecule has 0 amide bonds. The first-order valence-corrected chi connectivity index (χ1v) is 5.34. The van der Waals surface area contributed by atoms with Crippen LogP contribution in [0.5, 0.6) is 0 Å². The van der Waals surface area contributed by atoms with Crippen LogP contribution in [0.2, 0.25) is 5.02 Å². The monoisotopic (exact) mass is 233 g/mol. The van der Waals surface area contributed by atoms with E-state index in [9.17, 15) is 0 Å². The van der Waals surface area contributed by atoms with Gasteiger partial charge in [0.15, 0.2) is 0 Å². The maximum absolute atomic E-state index is 9.13. The molecule has 82 valence electrons. The largest absolute Gasteiger partial charge is 0.398 e. The molecule has 0 heterocycles. The van der Waals surface area contributed by atoms with Crippen molar-refractivity contribution < 1.29 is 5.11 Å². The zero-order chi connectivity index (χ0) is 11.5. The van der Waals surface area contributed by atoms with Crippen LogP contribution in [-0.2, 0) is 6.61 Å². The van der Waals surface area contributed by atoms with Crippen LogP contribution in [0.25, 0.3) is 11.1 Å². The van der Waals surface area contributed by atoms with Gasteiger partial charge in [0.1, 0.15) is 0 Å². The predicted molar refractivity (Wildman–Crippen MR) is 67.2 cm³/mol. The lowest BCUT2D eigenvalue weighted by Crippen LogP contribution is -1.96. The number of benzene rings is 2. The zero-order valence-electron chi connectivity index (χ0n) is 8.65. The van der Waals surface area contributed by atoms with Gasteiger partial charge in [0.25, 0.3) is 0 Å². The lowest BCUT2D eigenvalue weighted by atomic mass is 10.0. The highest BCUT2D eigenvalue weighted by Crippen LogP contribution is 2.29. The molecule has 16 heavy (non-hydrogen) atoms. The SMILES string of the molecule is Nc1c(CO)cccc1-c1ccc(Cl)cc1. The Hall–Kier alpha value is -1.51. The van der Waals surface area contributed by atoms with Gasteiger partial charge in [-0.05, 0) is 17.7 Å². The molecule has 0 bridgehead atoms. The number of anilines is 1. The zero-order valence-corrected chi connectivity index (χ0v) is 9.41. The molecule has 0 aliphatic carbocycles. The number of aliphatic hydroxyl groups excluding tert-OH is 1. The molecular formula is C13H12ClNO. The van der Waals surface area contributed by atoms with E-state index in [4.69, 9.17) is 22.4 Å². The molecule has 2 aromatic rings. The number of para-hydroxylation sites is 1. The number of hydrogen-bond donors (Lipinski definition) is 2. The molecule has 0 fully saturated rings. The molecule has 3 N–H and O–H groups in total. The minimum atomic E-state index is -0.0484. The Bertz CT molecular complexity index is 494. The Morgan fingerprint density at radius 1 is 1.06 bits per heavy atom. The van der Waals surface area contributed by atoms with Gasteiger partial charge in [-0.15, -0.1) is 0 Å². The Kier molecular flexibility index (Phi) is 3.13. The fraction of sp³-hybridized carbons (Fsp3) is 0.0769. The molecule has 2 aromatic carbocycles. The van der Waals surface area contributed by atoms with E-state index in [0.717, 1.165) is 16.7 Å². The van der Waals surface area contributed by atoms with Gasteiger partial charge < -0.3 is 10.8 Å². The molecule has 3 heteroatoms. The Morgan fingerprint density at radius 3 is 2.38 bits per heavy atom. The molecule has 2 nitrogen and oxygen atoms in total. The van der Waals surface area contributed by atoms with Crippen molar-refractivity contribution in [2.75, 3.05) is 5.73 Å². The van der Waals surface area contributed by atoms with E-state index in [1.54, 1.807) is 0 Å². The third-order valence-electron chi connectivity index (χ3n) is 2.52. The van der Waals surface area contributed by atoms with Crippen molar-refractivity contribution in [3.8, 4) is 11.1 Å². The summed E-state index contributed by atoms with van der Waals surface area (Å²) in [5.41, 5.74) is 9.25. The van der Waals surface area contributed by atoms with E-state index >= 15 is 0 Å². The number of halogens is 1. The van der Waals surface area contributed by atoms with Crippen LogP contribution in [0.3, 0.4) is 0 Å². The lowest BCUT2D eigenvalue weighted by Gasteiger charge is -2.09. The number of aliphatic hydroxyl groups is 1. The second-order valence-electron chi connectivity index (χ2n) is 3.54. The van der Waals surface area contributed by atoms with Gasteiger partial charge in [-0.1, -0.05) is 41.9 Å². The highest BCUT2D eigenvalue weighted by molar-refractivity contribution is 6.30. The van der Waals surface area contributed by atoms with Gasteiger partial charge in [-0.2, -0.15) is 0 Å². The van der Waals surface area contributed by atoms with Crippen molar-refractivity contribution in [3.63, 3.8) is 0 Å². The molecule has 0 radical (unpaired) electrons. The van der Waals surface area contributed by atoms with Gasteiger partial charge in [-0.3, -0.25) is 0 Å². The highest BCUT2D eigenvalue weighted by Gasteiger charge is 2.05. The normalized spacial score (nSPS) is 10.4. The van der Waals surface area contributed by atoms with Gasteiger partial charge in [0, 0.05) is 21.8 Å². The maximum atomic E-state index is 9.13. The summed E-state index contributed by atoms with van der Waals surface area (Å²) in [6, 6.07) is 13.1. The van der Waals surface area contributed by atoms with Crippen molar-refractivity contribution in [1.82, 2.24) is 0 Å². The van der Waals surface area contributed by atoms with Crippen molar-refractivity contribution in [3.05, 3.63) is 53.1 Å². The first kappa shape index (κ1) is 11.0. The first-order chi connectivity index (χ1) is 7.72. The molecule has 0 spiro atoms. The van der Waals surface area contributed by atoms with Crippen LogP contribution < -0.4 is 5.73 Å². The minimum absolute atomic E-state index is 0.0484. The van der Waals surface area contributed by atoms with Crippen LogP contribution >= 0.6 is 11.6 Å². The van der Waals surface area contributed by atoms with E-state index in [2.05, 4.69) is 0 Å². The minimum Gasteiger partial charge on any atom is -0.398 e.